The second-order valence-electron chi connectivity index (χ2n) is 6.56. The van der Waals surface area contributed by atoms with Crippen LogP contribution in [0.1, 0.15) is 28.3 Å². The van der Waals surface area contributed by atoms with Crippen LogP contribution in [0.4, 0.5) is 43.7 Å². The van der Waals surface area contributed by atoms with Crippen LogP contribution in [0.2, 0.25) is 0 Å². The van der Waals surface area contributed by atoms with E-state index in [9.17, 15) is 31.6 Å². The van der Waals surface area contributed by atoms with Gasteiger partial charge in [0.05, 0.1) is 11.3 Å². The topological polar surface area (TPSA) is 158 Å². The monoisotopic (exact) mass is 470 g/mol. The van der Waals surface area contributed by atoms with Crippen LogP contribution >= 0.6 is 0 Å². The molecule has 2 heterocycles. The number of ether oxygens (including phenoxy) is 1. The van der Waals surface area contributed by atoms with Gasteiger partial charge in [-0.1, -0.05) is 6.07 Å². The number of alkyl halides is 6. The molecule has 0 bridgehead atoms. The SMILES string of the molecule is N#CNC1=NC(c2ccc(C(F)(F)F)c(OCC(F)(F)F)c2)c2c(nc(N)c(C#N)c2N)N1. The van der Waals surface area contributed by atoms with Crippen molar-refractivity contribution in [2.24, 2.45) is 4.99 Å². The number of pyridine rings is 1. The molecule has 1 unspecified atom stereocenters. The zero-order valence-corrected chi connectivity index (χ0v) is 16.1. The van der Waals surface area contributed by atoms with Crippen molar-refractivity contribution in [3.63, 3.8) is 0 Å². The Kier molecular flexibility index (Phi) is 5.83. The molecule has 9 nitrogen and oxygen atoms in total. The molecule has 15 heteroatoms. The van der Waals surface area contributed by atoms with Gasteiger partial charge in [-0.2, -0.15) is 36.9 Å². The van der Waals surface area contributed by atoms with Gasteiger partial charge in [-0.15, -0.1) is 0 Å². The van der Waals surface area contributed by atoms with E-state index >= 15 is 0 Å². The van der Waals surface area contributed by atoms with Crippen molar-refractivity contribution >= 4 is 23.3 Å². The van der Waals surface area contributed by atoms with Gasteiger partial charge in [0.1, 0.15) is 35.1 Å². The molecule has 33 heavy (non-hydrogen) atoms. The van der Waals surface area contributed by atoms with E-state index in [1.165, 1.54) is 0 Å². The fraction of sp³-hybridized carbons (Fsp3) is 0.222. The van der Waals surface area contributed by atoms with E-state index in [1.54, 1.807) is 12.3 Å². The summed E-state index contributed by atoms with van der Waals surface area (Å²) in [5, 5.41) is 23.0. The molecule has 0 saturated carbocycles. The van der Waals surface area contributed by atoms with Crippen molar-refractivity contribution in [3.05, 3.63) is 40.5 Å². The third-order valence-electron chi connectivity index (χ3n) is 4.38. The van der Waals surface area contributed by atoms with Crippen molar-refractivity contribution in [2.45, 2.75) is 18.4 Å². The number of nitrogens with one attached hydrogen (secondary N) is 2. The molecule has 1 aliphatic heterocycles. The second-order valence-corrected chi connectivity index (χ2v) is 6.56. The lowest BCUT2D eigenvalue weighted by molar-refractivity contribution is -0.158. The molecule has 0 amide bonds. The zero-order chi connectivity index (χ0) is 24.6. The van der Waals surface area contributed by atoms with Crippen molar-refractivity contribution in [2.75, 3.05) is 23.4 Å². The highest BCUT2D eigenvalue weighted by molar-refractivity contribution is 5.98. The summed E-state index contributed by atoms with van der Waals surface area (Å²) in [6.07, 6.45) is -8.32. The number of nitrogen functional groups attached to an aromatic ring is 2. The number of hydrogen-bond donors (Lipinski definition) is 4. The number of rotatable bonds is 3. The summed E-state index contributed by atoms with van der Waals surface area (Å²) in [4.78, 5) is 8.11. The van der Waals surface area contributed by atoms with Gasteiger partial charge in [0.25, 0.3) is 0 Å². The van der Waals surface area contributed by atoms with Gasteiger partial charge >= 0.3 is 12.4 Å². The lowest BCUT2D eigenvalue weighted by Crippen LogP contribution is -2.32. The van der Waals surface area contributed by atoms with Crippen LogP contribution < -0.4 is 26.8 Å². The van der Waals surface area contributed by atoms with Gasteiger partial charge in [0.15, 0.2) is 12.8 Å². The first-order chi connectivity index (χ1) is 15.4. The first-order valence-electron chi connectivity index (χ1n) is 8.75. The van der Waals surface area contributed by atoms with Crippen molar-refractivity contribution < 1.29 is 31.1 Å². The molecule has 1 aromatic heterocycles. The summed E-state index contributed by atoms with van der Waals surface area (Å²) in [7, 11) is 0. The van der Waals surface area contributed by atoms with E-state index in [0.717, 1.165) is 12.1 Å². The molecule has 2 aromatic rings. The highest BCUT2D eigenvalue weighted by Crippen LogP contribution is 2.43. The molecule has 0 spiro atoms. The lowest BCUT2D eigenvalue weighted by Gasteiger charge is -2.27. The van der Waals surface area contributed by atoms with Crippen LogP contribution in [0, 0.1) is 22.8 Å². The lowest BCUT2D eigenvalue weighted by atomic mass is 9.94. The summed E-state index contributed by atoms with van der Waals surface area (Å²) >= 11 is 0. The van der Waals surface area contributed by atoms with Gasteiger partial charge in [0, 0.05) is 5.56 Å². The maximum absolute atomic E-state index is 13.3. The maximum atomic E-state index is 13.3. The average Bonchev–Trinajstić information content (AvgIpc) is 2.70. The number of aliphatic imine (C=N–C) groups is 1. The number of benzene rings is 1. The smallest absolute Gasteiger partial charge is 0.422 e. The molecule has 0 radical (unpaired) electrons. The highest BCUT2D eigenvalue weighted by Gasteiger charge is 2.38. The minimum Gasteiger partial charge on any atom is -0.483 e. The molecule has 172 valence electrons. The Morgan fingerprint density at radius 1 is 1.15 bits per heavy atom. The average molecular weight is 470 g/mol. The number of anilines is 3. The Morgan fingerprint density at radius 3 is 2.42 bits per heavy atom. The normalized spacial score (nSPS) is 15.4. The van der Waals surface area contributed by atoms with Crippen LogP contribution in [0.25, 0.3) is 0 Å². The molecule has 1 aromatic carbocycles. The van der Waals surface area contributed by atoms with E-state index in [1.807, 2.05) is 0 Å². The Balaban J connectivity index is 2.21. The second kappa shape index (κ2) is 8.27. The summed E-state index contributed by atoms with van der Waals surface area (Å²) in [5.74, 6) is -1.60. The van der Waals surface area contributed by atoms with Gasteiger partial charge in [-0.25, -0.2) is 9.98 Å². The zero-order valence-electron chi connectivity index (χ0n) is 16.1. The summed E-state index contributed by atoms with van der Waals surface area (Å²) in [6.45, 7) is -1.97. The van der Waals surface area contributed by atoms with Gasteiger partial charge in [0.2, 0.25) is 5.96 Å². The molecule has 0 fully saturated rings. The first-order valence-corrected chi connectivity index (χ1v) is 8.75. The number of guanidine groups is 1. The maximum Gasteiger partial charge on any atom is 0.422 e. The summed E-state index contributed by atoms with van der Waals surface area (Å²) in [6, 6.07) is 2.69. The number of nitriles is 2. The van der Waals surface area contributed by atoms with Gasteiger partial charge in [-0.3, -0.25) is 5.32 Å². The third-order valence-corrected chi connectivity index (χ3v) is 4.38. The molecular formula is C18H12F6N8O. The predicted octanol–water partition coefficient (Wildman–Crippen LogP) is 3.02. The fourth-order valence-corrected chi connectivity index (χ4v) is 3.04. The number of halogens is 6. The molecule has 1 atom stereocenters. The number of fused-ring (bicyclic) bond motifs is 1. The van der Waals surface area contributed by atoms with E-state index < -0.39 is 36.3 Å². The first kappa shape index (κ1) is 23.3. The highest BCUT2D eigenvalue weighted by atomic mass is 19.4. The van der Waals surface area contributed by atoms with Crippen LogP contribution in [-0.4, -0.2) is 23.7 Å². The van der Waals surface area contributed by atoms with E-state index in [2.05, 4.69) is 25.3 Å². The third kappa shape index (κ3) is 4.77. The molecule has 1 aliphatic rings. The van der Waals surface area contributed by atoms with Crippen molar-refractivity contribution in [1.29, 1.82) is 10.5 Å². The van der Waals surface area contributed by atoms with Crippen LogP contribution in [0.3, 0.4) is 0 Å². The summed E-state index contributed by atoms with van der Waals surface area (Å²) < 4.78 is 82.2. The number of hydrogen-bond acceptors (Lipinski definition) is 9. The molecule has 0 aliphatic carbocycles. The van der Waals surface area contributed by atoms with Crippen LogP contribution in [0.15, 0.2) is 23.2 Å². The summed E-state index contributed by atoms with van der Waals surface area (Å²) in [5.41, 5.74) is 9.79. The molecule has 3 rings (SSSR count). The standard InChI is InChI=1S/C18H12F6N8O/c19-17(20,21)5-33-10-3-7(1-2-9(10)18(22,23)24)13-11-12(27)8(4-25)14(28)31-15(11)32-16(30-13)29-6-26/h1-3,13H,5H2,(H6,27,28,29,30,31,32). The Morgan fingerprint density at radius 2 is 1.85 bits per heavy atom. The Labute approximate surface area is 181 Å². The van der Waals surface area contributed by atoms with Crippen LogP contribution in [-0.2, 0) is 6.18 Å². The minimum atomic E-state index is -5.01. The van der Waals surface area contributed by atoms with Crippen molar-refractivity contribution in [1.82, 2.24) is 10.3 Å². The van der Waals surface area contributed by atoms with Crippen molar-refractivity contribution in [3.8, 4) is 18.0 Å². The Bertz CT molecular complexity index is 1210. The largest absolute Gasteiger partial charge is 0.483 e. The van der Waals surface area contributed by atoms with Gasteiger partial charge < -0.3 is 21.5 Å². The quantitative estimate of drug-likeness (QED) is 0.303. The molecule has 0 saturated heterocycles. The van der Waals surface area contributed by atoms with E-state index in [0.29, 0.717) is 6.07 Å². The minimum absolute atomic E-state index is 0.0192. The number of aromatic nitrogens is 1. The van der Waals surface area contributed by atoms with E-state index in [4.69, 9.17) is 16.7 Å². The fourth-order valence-electron chi connectivity index (χ4n) is 3.04. The molecule has 6 N–H and O–H groups in total. The van der Waals surface area contributed by atoms with Gasteiger partial charge in [-0.05, 0) is 17.7 Å². The number of nitrogens with zero attached hydrogens (tertiary/aromatic N) is 4. The Hall–Kier alpha value is -4.40. The molecular weight excluding hydrogens is 458 g/mol. The predicted molar refractivity (Wildman–Crippen MR) is 102 cm³/mol. The van der Waals surface area contributed by atoms with E-state index in [-0.39, 0.29) is 40.0 Å². The van der Waals surface area contributed by atoms with Crippen LogP contribution in [0.5, 0.6) is 5.75 Å². The number of nitrogens with two attached hydrogens (primary N) is 2.